The number of rotatable bonds is 3. The van der Waals surface area contributed by atoms with Crippen LogP contribution >= 0.6 is 0 Å². The third-order valence-corrected chi connectivity index (χ3v) is 8.06. The Hall–Kier alpha value is -1.57. The van der Waals surface area contributed by atoms with Crippen LogP contribution in [0.15, 0.2) is 22.9 Å². The number of carbonyl (C=O) groups excluding carboxylic acids is 1. The highest BCUT2D eigenvalue weighted by molar-refractivity contribution is 5.93. The van der Waals surface area contributed by atoms with Crippen LogP contribution in [-0.2, 0) is 23.7 Å². The zero-order valence-electron chi connectivity index (χ0n) is 16.2. The summed E-state index contributed by atoms with van der Waals surface area (Å²) in [7, 11) is 3.59. The van der Waals surface area contributed by atoms with Gasteiger partial charge in [-0.2, -0.15) is 0 Å². The van der Waals surface area contributed by atoms with Crippen molar-refractivity contribution in [3.8, 4) is 0 Å². The van der Waals surface area contributed by atoms with Gasteiger partial charge in [0.15, 0.2) is 5.76 Å². The lowest BCUT2D eigenvalue weighted by Crippen LogP contribution is -2.63. The van der Waals surface area contributed by atoms with Gasteiger partial charge in [0.2, 0.25) is 11.5 Å². The Bertz CT molecular complexity index is 821. The fourth-order valence-corrected chi connectivity index (χ4v) is 7.32. The Morgan fingerprint density at radius 2 is 2.22 bits per heavy atom. The van der Waals surface area contributed by atoms with Crippen LogP contribution in [0.2, 0.25) is 0 Å². The van der Waals surface area contributed by atoms with Crippen LogP contribution in [0, 0.1) is 17.8 Å². The van der Waals surface area contributed by atoms with Gasteiger partial charge in [-0.25, -0.2) is 4.79 Å². The third-order valence-electron chi connectivity index (χ3n) is 8.06. The molecule has 0 aliphatic carbocycles. The van der Waals surface area contributed by atoms with Crippen molar-refractivity contribution < 1.29 is 23.7 Å². The standard InChI is InChI=1S/C20H26N2O5/c1-9-14-11-7-13-19(8-21-3)12(5-6-22(11)19)20(14,26-13)27-16(9)17-15(24-4)10(2)18(23)25-17/h9,11-14,21H,5-8H2,1-4H3/b17-16-/t9-,11-,12-,13-,14+,19-,20+/m0/s1. The number of piperidine rings is 1. The number of carbonyl (C=O) groups is 1. The molecule has 0 radical (unpaired) electrons. The van der Waals surface area contributed by atoms with E-state index in [9.17, 15) is 4.79 Å². The highest BCUT2D eigenvalue weighted by Gasteiger charge is 2.84. The van der Waals surface area contributed by atoms with Crippen molar-refractivity contribution in [1.82, 2.24) is 10.2 Å². The van der Waals surface area contributed by atoms with Crippen LogP contribution in [0.4, 0.5) is 0 Å². The predicted molar refractivity (Wildman–Crippen MR) is 94.0 cm³/mol. The molecule has 0 aromatic carbocycles. The van der Waals surface area contributed by atoms with Crippen LogP contribution in [0.3, 0.4) is 0 Å². The van der Waals surface area contributed by atoms with Crippen LogP contribution in [0.5, 0.6) is 0 Å². The van der Waals surface area contributed by atoms with E-state index < -0.39 is 5.79 Å². The molecule has 0 amide bonds. The summed E-state index contributed by atoms with van der Waals surface area (Å²) in [6.07, 6.45) is 2.36. The lowest BCUT2D eigenvalue weighted by Gasteiger charge is -2.48. The van der Waals surface area contributed by atoms with Gasteiger partial charge >= 0.3 is 5.97 Å². The topological polar surface area (TPSA) is 69.3 Å². The van der Waals surface area contributed by atoms with Gasteiger partial charge in [-0.05, 0) is 33.4 Å². The monoisotopic (exact) mass is 374 g/mol. The number of hydrogen-bond donors (Lipinski definition) is 1. The summed E-state index contributed by atoms with van der Waals surface area (Å²) in [5.41, 5.74) is 0.535. The minimum Gasteiger partial charge on any atom is -0.492 e. The molecule has 1 spiro atoms. The second kappa shape index (κ2) is 4.88. The minimum atomic E-state index is -0.596. The van der Waals surface area contributed by atoms with Crippen molar-refractivity contribution in [2.24, 2.45) is 17.8 Å². The van der Waals surface area contributed by atoms with Crippen LogP contribution in [-0.4, -0.2) is 61.6 Å². The number of nitrogens with one attached hydrogen (secondary N) is 1. The molecule has 6 rings (SSSR count). The molecular formula is C20H26N2O5. The van der Waals surface area contributed by atoms with E-state index in [1.165, 1.54) is 0 Å². The van der Waals surface area contributed by atoms with Crippen LogP contribution in [0.1, 0.15) is 26.7 Å². The molecule has 0 saturated carbocycles. The average Bonchev–Trinajstić information content (AvgIpc) is 3.34. The van der Waals surface area contributed by atoms with Gasteiger partial charge in [-0.15, -0.1) is 0 Å². The van der Waals surface area contributed by atoms with E-state index in [0.717, 1.165) is 31.7 Å². The van der Waals surface area contributed by atoms with Crippen molar-refractivity contribution in [2.45, 2.75) is 50.2 Å². The average molecular weight is 374 g/mol. The molecule has 7 nitrogen and oxygen atoms in total. The Morgan fingerprint density at radius 1 is 1.41 bits per heavy atom. The molecule has 8 atom stereocenters. The molecule has 6 aliphatic rings. The highest BCUT2D eigenvalue weighted by Crippen LogP contribution is 2.72. The SMILES string of the molecule is CNC[C@@]12[C@@H]3C[C@H]4[C@H]5[C@H](C)/C(=C6/OC(=O)C(C)=C6OC)O[C@]5(O3)[C@H]1CCN42. The molecule has 146 valence electrons. The molecule has 1 unspecified atom stereocenters. The Balaban J connectivity index is 1.49. The summed E-state index contributed by atoms with van der Waals surface area (Å²) in [4.78, 5) is 14.8. The molecule has 0 aromatic rings. The Kier molecular flexibility index (Phi) is 2.96. The van der Waals surface area contributed by atoms with Gasteiger partial charge in [0.05, 0.1) is 30.2 Å². The summed E-state index contributed by atoms with van der Waals surface area (Å²) < 4.78 is 24.4. The van der Waals surface area contributed by atoms with Gasteiger partial charge in [-0.3, -0.25) is 4.90 Å². The highest BCUT2D eigenvalue weighted by atomic mass is 16.7. The number of fused-ring (bicyclic) bond motifs is 1. The minimum absolute atomic E-state index is 0.0396. The second-order valence-electron chi connectivity index (χ2n) is 8.84. The van der Waals surface area contributed by atoms with Gasteiger partial charge < -0.3 is 24.3 Å². The van der Waals surface area contributed by atoms with Crippen LogP contribution < -0.4 is 5.32 Å². The lowest BCUT2D eigenvalue weighted by atomic mass is 9.71. The van der Waals surface area contributed by atoms with E-state index in [0.29, 0.717) is 29.1 Å². The number of allylic oxidation sites excluding steroid dienone is 1. The predicted octanol–water partition coefficient (Wildman–Crippen LogP) is 1.12. The first-order valence-electron chi connectivity index (χ1n) is 9.99. The van der Waals surface area contributed by atoms with Crippen molar-refractivity contribution in [3.63, 3.8) is 0 Å². The van der Waals surface area contributed by atoms with E-state index in [-0.39, 0.29) is 29.4 Å². The van der Waals surface area contributed by atoms with E-state index in [1.54, 1.807) is 14.0 Å². The number of ether oxygens (including phenoxy) is 4. The van der Waals surface area contributed by atoms with Crippen molar-refractivity contribution >= 4 is 5.97 Å². The van der Waals surface area contributed by atoms with E-state index in [2.05, 4.69) is 17.1 Å². The molecule has 5 fully saturated rings. The Morgan fingerprint density at radius 3 is 2.96 bits per heavy atom. The maximum atomic E-state index is 12.1. The van der Waals surface area contributed by atoms with Gasteiger partial charge in [0, 0.05) is 24.4 Å². The third kappa shape index (κ3) is 1.54. The summed E-state index contributed by atoms with van der Waals surface area (Å²) in [6, 6.07) is 0.456. The number of cyclic esters (lactones) is 1. The molecule has 6 heterocycles. The van der Waals surface area contributed by atoms with Gasteiger partial charge in [-0.1, -0.05) is 6.92 Å². The normalized spacial score (nSPS) is 54.0. The maximum Gasteiger partial charge on any atom is 0.343 e. The van der Waals surface area contributed by atoms with Gasteiger partial charge in [0.25, 0.3) is 0 Å². The Labute approximate surface area is 158 Å². The smallest absolute Gasteiger partial charge is 0.343 e. The zero-order chi connectivity index (χ0) is 18.7. The number of methoxy groups -OCH3 is 1. The van der Waals surface area contributed by atoms with E-state index >= 15 is 0 Å². The molecular weight excluding hydrogens is 348 g/mol. The first-order chi connectivity index (χ1) is 13.0. The largest absolute Gasteiger partial charge is 0.492 e. The van der Waals surface area contributed by atoms with Crippen LogP contribution in [0.25, 0.3) is 0 Å². The zero-order valence-corrected chi connectivity index (χ0v) is 16.2. The molecule has 5 bridgehead atoms. The fraction of sp³-hybridized carbons (Fsp3) is 0.750. The van der Waals surface area contributed by atoms with Crippen molar-refractivity contribution in [3.05, 3.63) is 22.9 Å². The first kappa shape index (κ1) is 16.4. The summed E-state index contributed by atoms with van der Waals surface area (Å²) in [5.74, 6) is 1.42. The second-order valence-corrected chi connectivity index (χ2v) is 8.84. The maximum absolute atomic E-state index is 12.1. The molecule has 6 aliphatic heterocycles. The molecule has 5 saturated heterocycles. The van der Waals surface area contributed by atoms with Crippen molar-refractivity contribution in [1.29, 1.82) is 0 Å². The number of esters is 1. The van der Waals surface area contributed by atoms with Crippen molar-refractivity contribution in [2.75, 3.05) is 27.2 Å². The number of likely N-dealkylation sites (N-methyl/N-ethyl adjacent to an activating group) is 1. The number of nitrogens with zero attached hydrogens (tertiary/aromatic N) is 1. The van der Waals surface area contributed by atoms with Gasteiger partial charge in [0.1, 0.15) is 5.76 Å². The van der Waals surface area contributed by atoms with E-state index in [1.807, 2.05) is 7.05 Å². The summed E-state index contributed by atoms with van der Waals surface area (Å²) in [5, 5.41) is 3.41. The quantitative estimate of drug-likeness (QED) is 0.743. The first-order valence-corrected chi connectivity index (χ1v) is 9.99. The summed E-state index contributed by atoms with van der Waals surface area (Å²) >= 11 is 0. The number of hydrogen-bond acceptors (Lipinski definition) is 7. The van der Waals surface area contributed by atoms with E-state index in [4.69, 9.17) is 18.9 Å². The summed E-state index contributed by atoms with van der Waals surface area (Å²) in [6.45, 7) is 5.95. The molecule has 27 heavy (non-hydrogen) atoms. The molecule has 0 aromatic heterocycles. The molecule has 7 heteroatoms. The fourth-order valence-electron chi connectivity index (χ4n) is 7.32. The lowest BCUT2D eigenvalue weighted by molar-refractivity contribution is -0.255. The molecule has 1 N–H and O–H groups in total.